The highest BCUT2D eigenvalue weighted by atomic mass is 32.1. The molecule has 0 amide bonds. The summed E-state index contributed by atoms with van der Waals surface area (Å²) in [7, 11) is 2.03. The third-order valence-electron chi connectivity index (χ3n) is 2.67. The standard InChI is InChI=1S/C14H18N2OS/c1-12(6-7-15)16(2)10-14-9-13(11-18-14)5-3-4-8-17/h9,11-12,17H,4,6,8,10H2,1-2H3. The fourth-order valence-corrected chi connectivity index (χ4v) is 2.32. The summed E-state index contributed by atoms with van der Waals surface area (Å²) >= 11 is 1.68. The van der Waals surface area contributed by atoms with Gasteiger partial charge in [-0.2, -0.15) is 5.26 Å². The maximum Gasteiger partial charge on any atom is 0.0638 e. The molecule has 3 nitrogen and oxygen atoms in total. The Hall–Kier alpha value is -1.33. The average molecular weight is 262 g/mol. The van der Waals surface area contributed by atoms with Gasteiger partial charge in [0.1, 0.15) is 0 Å². The zero-order chi connectivity index (χ0) is 13.4. The van der Waals surface area contributed by atoms with Crippen LogP contribution in [0.2, 0.25) is 0 Å². The number of hydrogen-bond donors (Lipinski definition) is 1. The molecule has 1 aromatic heterocycles. The first-order chi connectivity index (χ1) is 8.67. The van der Waals surface area contributed by atoms with E-state index in [9.17, 15) is 0 Å². The highest BCUT2D eigenvalue weighted by Crippen LogP contribution is 2.17. The number of rotatable bonds is 5. The predicted octanol–water partition coefficient (Wildman–Crippen LogP) is 2.22. The summed E-state index contributed by atoms with van der Waals surface area (Å²) in [6.07, 6.45) is 1.06. The van der Waals surface area contributed by atoms with Gasteiger partial charge in [-0.25, -0.2) is 0 Å². The quantitative estimate of drug-likeness (QED) is 0.828. The van der Waals surface area contributed by atoms with Gasteiger partial charge in [-0.15, -0.1) is 11.3 Å². The second-order valence-corrected chi connectivity index (χ2v) is 5.20. The minimum Gasteiger partial charge on any atom is -0.395 e. The first kappa shape index (κ1) is 14.7. The molecule has 1 atom stereocenters. The van der Waals surface area contributed by atoms with Crippen molar-refractivity contribution in [2.24, 2.45) is 0 Å². The van der Waals surface area contributed by atoms with Gasteiger partial charge in [0.15, 0.2) is 0 Å². The lowest BCUT2D eigenvalue weighted by Gasteiger charge is -2.21. The fourth-order valence-electron chi connectivity index (χ4n) is 1.44. The number of nitrogens with zero attached hydrogens (tertiary/aromatic N) is 2. The van der Waals surface area contributed by atoms with Crippen LogP contribution in [0.15, 0.2) is 11.4 Å². The van der Waals surface area contributed by atoms with Crippen molar-refractivity contribution in [3.63, 3.8) is 0 Å². The molecule has 96 valence electrons. The van der Waals surface area contributed by atoms with E-state index in [1.807, 2.05) is 12.4 Å². The lowest BCUT2D eigenvalue weighted by molar-refractivity contribution is 0.254. The molecule has 18 heavy (non-hydrogen) atoms. The molecular weight excluding hydrogens is 244 g/mol. The molecule has 0 saturated carbocycles. The highest BCUT2D eigenvalue weighted by Gasteiger charge is 2.10. The second kappa shape index (κ2) is 7.89. The fraction of sp³-hybridized carbons (Fsp3) is 0.500. The van der Waals surface area contributed by atoms with E-state index in [1.54, 1.807) is 11.3 Å². The van der Waals surface area contributed by atoms with Crippen LogP contribution in [0.1, 0.15) is 30.2 Å². The van der Waals surface area contributed by atoms with Crippen LogP contribution >= 0.6 is 11.3 Å². The predicted molar refractivity (Wildman–Crippen MR) is 74.1 cm³/mol. The van der Waals surface area contributed by atoms with Gasteiger partial charge in [0.2, 0.25) is 0 Å². The number of nitriles is 1. The summed E-state index contributed by atoms with van der Waals surface area (Å²) in [5.41, 5.74) is 1.00. The van der Waals surface area contributed by atoms with Gasteiger partial charge in [-0.1, -0.05) is 11.8 Å². The SMILES string of the molecule is CC(CC#N)N(C)Cc1cc(C#CCCO)cs1. The molecule has 0 spiro atoms. The molecule has 1 rings (SSSR count). The van der Waals surface area contributed by atoms with Crippen molar-refractivity contribution < 1.29 is 5.11 Å². The molecule has 0 radical (unpaired) electrons. The molecule has 1 aromatic rings. The van der Waals surface area contributed by atoms with Crippen molar-refractivity contribution in [3.8, 4) is 17.9 Å². The smallest absolute Gasteiger partial charge is 0.0638 e. The number of aliphatic hydroxyl groups excluding tert-OH is 1. The largest absolute Gasteiger partial charge is 0.395 e. The normalized spacial score (nSPS) is 11.7. The second-order valence-electron chi connectivity index (χ2n) is 4.20. The van der Waals surface area contributed by atoms with Gasteiger partial charge >= 0.3 is 0 Å². The monoisotopic (exact) mass is 262 g/mol. The van der Waals surface area contributed by atoms with E-state index in [2.05, 4.69) is 35.8 Å². The van der Waals surface area contributed by atoms with Crippen LogP contribution in [0.25, 0.3) is 0 Å². The first-order valence-corrected chi connectivity index (χ1v) is 6.79. The zero-order valence-corrected chi connectivity index (χ0v) is 11.6. The minimum atomic E-state index is 0.110. The van der Waals surface area contributed by atoms with Crippen molar-refractivity contribution >= 4 is 11.3 Å². The maximum atomic E-state index is 8.66. The Balaban J connectivity index is 2.54. The summed E-state index contributed by atoms with van der Waals surface area (Å²) in [5, 5.41) is 19.3. The van der Waals surface area contributed by atoms with Gasteiger partial charge in [0.05, 0.1) is 19.1 Å². The maximum absolute atomic E-state index is 8.66. The molecular formula is C14H18N2OS. The molecule has 0 aliphatic rings. The van der Waals surface area contributed by atoms with Crippen molar-refractivity contribution in [2.75, 3.05) is 13.7 Å². The number of hydrogen-bond acceptors (Lipinski definition) is 4. The molecule has 0 fully saturated rings. The Labute approximate surface area is 113 Å². The van der Waals surface area contributed by atoms with Crippen LogP contribution in [0.5, 0.6) is 0 Å². The molecule has 4 heteroatoms. The van der Waals surface area contributed by atoms with Crippen LogP contribution in [-0.2, 0) is 6.54 Å². The van der Waals surface area contributed by atoms with Gasteiger partial charge in [0.25, 0.3) is 0 Å². The van der Waals surface area contributed by atoms with Crippen molar-refractivity contribution in [1.82, 2.24) is 4.90 Å². The summed E-state index contributed by atoms with van der Waals surface area (Å²) in [4.78, 5) is 3.41. The Morgan fingerprint density at radius 1 is 1.56 bits per heavy atom. The number of thiophene rings is 1. The van der Waals surface area contributed by atoms with Crippen LogP contribution in [-0.4, -0.2) is 29.7 Å². The average Bonchev–Trinajstić information content (AvgIpc) is 2.77. The Morgan fingerprint density at radius 3 is 3.00 bits per heavy atom. The van der Waals surface area contributed by atoms with E-state index in [0.29, 0.717) is 12.8 Å². The molecule has 0 aromatic carbocycles. The van der Waals surface area contributed by atoms with Crippen molar-refractivity contribution in [2.45, 2.75) is 32.4 Å². The molecule has 0 aliphatic carbocycles. The van der Waals surface area contributed by atoms with E-state index in [4.69, 9.17) is 10.4 Å². The van der Waals surface area contributed by atoms with Gasteiger partial charge in [-0.3, -0.25) is 4.90 Å². The van der Waals surface area contributed by atoms with E-state index >= 15 is 0 Å². The summed E-state index contributed by atoms with van der Waals surface area (Å²) in [5.74, 6) is 5.93. The topological polar surface area (TPSA) is 47.3 Å². The molecule has 0 bridgehead atoms. The third kappa shape index (κ3) is 4.89. The van der Waals surface area contributed by atoms with E-state index in [1.165, 1.54) is 4.88 Å². The van der Waals surface area contributed by atoms with Crippen LogP contribution in [0.3, 0.4) is 0 Å². The van der Waals surface area contributed by atoms with E-state index < -0.39 is 0 Å². The van der Waals surface area contributed by atoms with Crippen molar-refractivity contribution in [3.05, 3.63) is 21.9 Å². The Kier molecular flexibility index (Phi) is 6.46. The molecule has 0 saturated heterocycles. The number of aliphatic hydroxyl groups is 1. The molecule has 0 aliphatic heterocycles. The highest BCUT2D eigenvalue weighted by molar-refractivity contribution is 7.10. The summed E-state index contributed by atoms with van der Waals surface area (Å²) < 4.78 is 0. The van der Waals surface area contributed by atoms with Gasteiger partial charge in [-0.05, 0) is 20.0 Å². The van der Waals surface area contributed by atoms with Gasteiger partial charge in [0, 0.05) is 34.8 Å². The lowest BCUT2D eigenvalue weighted by Crippen LogP contribution is -2.27. The Bertz CT molecular complexity index is 464. The Morgan fingerprint density at radius 2 is 2.33 bits per heavy atom. The summed E-state index contributed by atoms with van der Waals surface area (Å²) in [6.45, 7) is 3.01. The molecule has 1 unspecified atom stereocenters. The minimum absolute atomic E-state index is 0.110. The molecule has 1 N–H and O–H groups in total. The van der Waals surface area contributed by atoms with E-state index in [0.717, 1.165) is 12.1 Å². The van der Waals surface area contributed by atoms with Crippen LogP contribution in [0, 0.1) is 23.2 Å². The lowest BCUT2D eigenvalue weighted by atomic mass is 10.2. The van der Waals surface area contributed by atoms with Crippen LogP contribution in [0.4, 0.5) is 0 Å². The first-order valence-electron chi connectivity index (χ1n) is 5.91. The van der Waals surface area contributed by atoms with E-state index in [-0.39, 0.29) is 12.6 Å². The van der Waals surface area contributed by atoms with Crippen LogP contribution < -0.4 is 0 Å². The van der Waals surface area contributed by atoms with Gasteiger partial charge < -0.3 is 5.11 Å². The van der Waals surface area contributed by atoms with Crippen molar-refractivity contribution in [1.29, 1.82) is 5.26 Å². The third-order valence-corrected chi connectivity index (χ3v) is 3.59. The summed E-state index contributed by atoms with van der Waals surface area (Å²) in [6, 6.07) is 4.53. The molecule has 1 heterocycles. The zero-order valence-electron chi connectivity index (χ0n) is 10.8.